The van der Waals surface area contributed by atoms with E-state index in [-0.39, 0.29) is 27.8 Å². The van der Waals surface area contributed by atoms with E-state index in [1.165, 1.54) is 0 Å². The Morgan fingerprint density at radius 2 is 0.391 bits per heavy atom. The van der Waals surface area contributed by atoms with Crippen molar-refractivity contribution >= 4 is 109 Å². The lowest BCUT2D eigenvalue weighted by Gasteiger charge is -2.02. The van der Waals surface area contributed by atoms with Crippen LogP contribution in [0, 0.1) is 69.2 Å². The van der Waals surface area contributed by atoms with Gasteiger partial charge in [-0.3, -0.25) is 74.4 Å². The molecule has 20 aromatic rings. The maximum absolute atomic E-state index is 12.6. The van der Waals surface area contributed by atoms with Gasteiger partial charge in [-0.2, -0.15) is 0 Å². The molecule has 0 radical (unpaired) electrons. The number of nitrogens with one attached hydrogen (secondary N) is 5. The first-order valence-electron chi connectivity index (χ1n) is 36.0. The summed E-state index contributed by atoms with van der Waals surface area (Å²) in [4.78, 5) is 85.2. The van der Waals surface area contributed by atoms with Gasteiger partial charge in [-0.15, -0.1) is 0 Å². The number of fused-ring (bicyclic) bond motifs is 15. The third kappa shape index (κ3) is 13.3. The van der Waals surface area contributed by atoms with Crippen LogP contribution >= 0.6 is 0 Å². The van der Waals surface area contributed by atoms with Crippen molar-refractivity contribution in [1.82, 2.24) is 73.8 Å². The predicted octanol–water partition coefficient (Wildman–Crippen LogP) is 17.4. The maximum atomic E-state index is 12.6. The van der Waals surface area contributed by atoms with Crippen LogP contribution in [0.4, 0.5) is 0 Å². The highest BCUT2D eigenvalue weighted by Crippen LogP contribution is 2.28. The molecule has 0 saturated heterocycles. The van der Waals surface area contributed by atoms with Crippen LogP contribution in [0.5, 0.6) is 0 Å². The van der Waals surface area contributed by atoms with Gasteiger partial charge < -0.3 is 0 Å². The first-order valence-corrected chi connectivity index (χ1v) is 36.0. The monoisotopic (exact) mass is 1450 g/mol. The van der Waals surface area contributed by atoms with Gasteiger partial charge in [0, 0.05) is 57.9 Å². The average molecular weight is 1450 g/mol. The van der Waals surface area contributed by atoms with Crippen LogP contribution in [0.25, 0.3) is 137 Å². The van der Waals surface area contributed by atoms with Gasteiger partial charge in [0.15, 0.2) is 0 Å². The van der Waals surface area contributed by atoms with Gasteiger partial charge in [0.2, 0.25) is 0 Å². The number of hydrogen-bond acceptors (Lipinski definition) is 10. The van der Waals surface area contributed by atoms with Crippen LogP contribution < -0.4 is 27.8 Å². The van der Waals surface area contributed by atoms with Crippen molar-refractivity contribution in [3.05, 3.63) is 351 Å². The highest BCUT2D eigenvalue weighted by molar-refractivity contribution is 6.06. The zero-order valence-corrected chi connectivity index (χ0v) is 62.1. The number of pyridine rings is 5. The number of nitrogens with zero attached hydrogens (tertiary/aromatic N) is 10. The molecule has 0 bridgehead atoms. The molecule has 0 atom stereocenters. The first-order chi connectivity index (χ1) is 53.2. The molecule has 0 fully saturated rings. The molecule has 0 unspecified atom stereocenters. The van der Waals surface area contributed by atoms with Crippen LogP contribution in [-0.4, -0.2) is 73.8 Å². The van der Waals surface area contributed by atoms with Crippen molar-refractivity contribution in [2.75, 3.05) is 0 Å². The van der Waals surface area contributed by atoms with Gasteiger partial charge in [-0.05, 0) is 194 Å². The minimum Gasteiger partial charge on any atom is -0.290 e. The Kier molecular flexibility index (Phi) is 18.1. The van der Waals surface area contributed by atoms with Crippen LogP contribution in [0.15, 0.2) is 267 Å². The molecular formula is C90H75N15O5. The SMILES string of the molecule is Cc1ccc(-n2[nH]c3c(cnc4cc(C)ccc43)c2=O)cc1.Cc1ccc(-n2[nH]c3c(cnc4cc(C)ccc43)c2=O)cc1.Cc1ccc(-n2[nH]c3c(cnc4cc(C)ccc43)c2=O)cc1.Cc1ccc(-n2[nH]c3c(cnc4cc(C)ccc43)c2=O)cc1.Cc1cccc(-n2[nH]c3c(cnc4cc(C)ccc43)c2=O)c1. The minimum atomic E-state index is -0.0752. The topological polar surface area (TPSA) is 253 Å². The number of aromatic nitrogens is 15. The zero-order valence-electron chi connectivity index (χ0n) is 62.1. The first kappa shape index (κ1) is 69.9. The predicted molar refractivity (Wildman–Crippen MR) is 443 cm³/mol. The molecule has 0 saturated carbocycles. The van der Waals surface area contributed by atoms with Gasteiger partial charge >= 0.3 is 0 Å². The lowest BCUT2D eigenvalue weighted by molar-refractivity contribution is 0.863. The summed E-state index contributed by atoms with van der Waals surface area (Å²) in [6, 6.07) is 69.6. The maximum Gasteiger partial charge on any atom is 0.280 e. The standard InChI is InChI=1S/5C18H15N3O/c4*1-11-3-6-13(7-4-11)21-18(22)15-10-19-16-9-12(2)5-8-14(16)17(15)20-21;1-11-4-3-5-13(8-11)21-18(22)15-10-19-16-9-12(2)6-7-14(16)17(15)20-21/h5*3-10,20H,1-2H3. The molecule has 0 spiro atoms. The van der Waals surface area contributed by atoms with Crippen molar-refractivity contribution in [2.24, 2.45) is 0 Å². The minimum absolute atomic E-state index is 0.0735. The van der Waals surface area contributed by atoms with Crippen molar-refractivity contribution in [2.45, 2.75) is 69.2 Å². The molecule has 10 aromatic carbocycles. The summed E-state index contributed by atoms with van der Waals surface area (Å²) in [5.74, 6) is 0. The van der Waals surface area contributed by atoms with Gasteiger partial charge in [-0.1, -0.05) is 144 Å². The highest BCUT2D eigenvalue weighted by atomic mass is 16.2. The van der Waals surface area contributed by atoms with Gasteiger partial charge in [0.05, 0.1) is 111 Å². The van der Waals surface area contributed by atoms with Crippen molar-refractivity contribution in [3.63, 3.8) is 0 Å². The molecule has 20 heteroatoms. The van der Waals surface area contributed by atoms with Crippen LogP contribution in [-0.2, 0) is 0 Å². The van der Waals surface area contributed by atoms with Gasteiger partial charge in [0.25, 0.3) is 27.8 Å². The van der Waals surface area contributed by atoms with E-state index in [1.807, 2.05) is 282 Å². The number of H-pyrrole nitrogens is 5. The molecular weight excluding hydrogens is 1370 g/mol. The summed E-state index contributed by atoms with van der Waals surface area (Å²) in [7, 11) is 0. The van der Waals surface area contributed by atoms with E-state index in [1.54, 1.807) is 54.4 Å². The molecule has 0 amide bonds. The fourth-order valence-corrected chi connectivity index (χ4v) is 13.8. The Morgan fingerprint density at radius 3 is 0.600 bits per heavy atom. The lowest BCUT2D eigenvalue weighted by atomic mass is 10.1. The lowest BCUT2D eigenvalue weighted by Crippen LogP contribution is -2.14. The number of hydrogen-bond donors (Lipinski definition) is 5. The van der Waals surface area contributed by atoms with E-state index in [4.69, 9.17) is 0 Å². The van der Waals surface area contributed by atoms with E-state index in [2.05, 4.69) is 50.4 Å². The van der Waals surface area contributed by atoms with Crippen LogP contribution in [0.2, 0.25) is 0 Å². The molecule has 0 aliphatic heterocycles. The molecule has 5 N–H and O–H groups in total. The number of benzene rings is 10. The fourth-order valence-electron chi connectivity index (χ4n) is 13.8. The van der Waals surface area contributed by atoms with Gasteiger partial charge in [-0.25, -0.2) is 23.4 Å². The Hall–Kier alpha value is -14.4. The second kappa shape index (κ2) is 28.5. The third-order valence-corrected chi connectivity index (χ3v) is 19.8. The largest absolute Gasteiger partial charge is 0.290 e. The molecule has 110 heavy (non-hydrogen) atoms. The second-order valence-corrected chi connectivity index (χ2v) is 28.3. The third-order valence-electron chi connectivity index (χ3n) is 19.8. The summed E-state index contributed by atoms with van der Waals surface area (Å²) >= 11 is 0. The van der Waals surface area contributed by atoms with Crippen molar-refractivity contribution in [3.8, 4) is 28.4 Å². The van der Waals surface area contributed by atoms with Crippen molar-refractivity contribution in [1.29, 1.82) is 0 Å². The summed E-state index contributed by atoms with van der Waals surface area (Å²) in [5, 5.41) is 24.0. The molecule has 540 valence electrons. The normalized spacial score (nSPS) is 11.4. The highest BCUT2D eigenvalue weighted by Gasteiger charge is 2.18. The molecule has 10 aromatic heterocycles. The Morgan fingerprint density at radius 1 is 0.200 bits per heavy atom. The summed E-state index contributed by atoms with van der Waals surface area (Å²) in [6.45, 7) is 20.3. The van der Waals surface area contributed by atoms with E-state index >= 15 is 0 Å². The number of aryl methyl sites for hydroxylation is 10. The van der Waals surface area contributed by atoms with Crippen LogP contribution in [0.1, 0.15) is 55.6 Å². The summed E-state index contributed by atoms with van der Waals surface area (Å²) in [6.07, 6.45) is 8.27. The zero-order chi connectivity index (χ0) is 76.3. The number of rotatable bonds is 5. The second-order valence-electron chi connectivity index (χ2n) is 28.3. The van der Waals surface area contributed by atoms with Crippen molar-refractivity contribution < 1.29 is 0 Å². The summed E-state index contributed by atoms with van der Waals surface area (Å²) < 4.78 is 7.88. The molecule has 20 rings (SSSR count). The van der Waals surface area contributed by atoms with E-state index in [9.17, 15) is 24.0 Å². The quantitative estimate of drug-likeness (QED) is 0.109. The Labute approximate surface area is 627 Å². The molecule has 0 aliphatic rings. The smallest absolute Gasteiger partial charge is 0.280 e. The molecule has 0 aliphatic carbocycles. The fraction of sp³-hybridized carbons (Fsp3) is 0.111. The summed E-state index contributed by atoms with van der Waals surface area (Å²) in [5.41, 5.74) is 23.9. The Bertz CT molecular complexity index is 6630. The Balaban J connectivity index is 0.000000104. The van der Waals surface area contributed by atoms with E-state index < -0.39 is 0 Å². The number of aromatic amines is 5. The molecule has 20 nitrogen and oxygen atoms in total. The molecule has 10 heterocycles. The average Bonchev–Trinajstić information content (AvgIpc) is 1.64. The van der Waals surface area contributed by atoms with Gasteiger partial charge in [0.1, 0.15) is 0 Å². The van der Waals surface area contributed by atoms with Crippen LogP contribution in [0.3, 0.4) is 0 Å². The van der Waals surface area contributed by atoms with E-state index in [0.29, 0.717) is 26.9 Å². The van der Waals surface area contributed by atoms with E-state index in [0.717, 1.165) is 166 Å².